The van der Waals surface area contributed by atoms with E-state index in [0.29, 0.717) is 24.7 Å². The molecule has 2 aromatic carbocycles. The molecule has 0 N–H and O–H groups in total. The maximum absolute atomic E-state index is 12.3. The average Bonchev–Trinajstić information content (AvgIpc) is 2.65. The van der Waals surface area contributed by atoms with Crippen LogP contribution >= 0.6 is 0 Å². The molecule has 0 saturated heterocycles. The first kappa shape index (κ1) is 19.0. The smallest absolute Gasteiger partial charge is 0.297 e. The summed E-state index contributed by atoms with van der Waals surface area (Å²) in [6, 6.07) is 9.05. The van der Waals surface area contributed by atoms with Crippen LogP contribution in [0.4, 0.5) is 5.69 Å². The van der Waals surface area contributed by atoms with E-state index in [1.807, 2.05) is 6.92 Å². The van der Waals surface area contributed by atoms with E-state index in [0.717, 1.165) is 5.56 Å². The molecule has 1 heterocycles. The molecule has 0 fully saturated rings. The van der Waals surface area contributed by atoms with Gasteiger partial charge < -0.3 is 4.74 Å². The van der Waals surface area contributed by atoms with Crippen molar-refractivity contribution in [2.75, 3.05) is 6.61 Å². The molecule has 0 aromatic heterocycles. The van der Waals surface area contributed by atoms with E-state index in [9.17, 15) is 23.3 Å². The van der Waals surface area contributed by atoms with Gasteiger partial charge in [0.25, 0.3) is 15.8 Å². The second-order valence-corrected chi connectivity index (χ2v) is 7.81. The number of benzene rings is 2. The Hall–Kier alpha value is -2.78. The van der Waals surface area contributed by atoms with Crippen LogP contribution in [0.5, 0.6) is 5.75 Å². The van der Waals surface area contributed by atoms with Crippen molar-refractivity contribution < 1.29 is 27.1 Å². The summed E-state index contributed by atoms with van der Waals surface area (Å²) in [7, 11) is -3.95. The maximum atomic E-state index is 12.3. The number of aldehydes is 1. The second-order valence-electron chi connectivity index (χ2n) is 6.19. The van der Waals surface area contributed by atoms with Crippen molar-refractivity contribution >= 4 is 22.1 Å². The number of ether oxygens (including phenoxy) is 1. The number of carbonyl (C=O) groups is 1. The Morgan fingerprint density at radius 1 is 1.26 bits per heavy atom. The van der Waals surface area contributed by atoms with Gasteiger partial charge >= 0.3 is 0 Å². The summed E-state index contributed by atoms with van der Waals surface area (Å²) in [5.74, 6) is 0.117. The van der Waals surface area contributed by atoms with E-state index in [1.54, 1.807) is 18.2 Å². The molecule has 2 aromatic rings. The normalized spacial score (nSPS) is 16.3. The summed E-state index contributed by atoms with van der Waals surface area (Å²) in [5.41, 5.74) is 1.09. The van der Waals surface area contributed by atoms with Gasteiger partial charge in [0.2, 0.25) is 0 Å². The van der Waals surface area contributed by atoms with Crippen molar-refractivity contribution in [1.29, 1.82) is 0 Å². The summed E-state index contributed by atoms with van der Waals surface area (Å²) in [6.45, 7) is 1.59. The van der Waals surface area contributed by atoms with Gasteiger partial charge in [-0.25, -0.2) is 0 Å². The fraction of sp³-hybridized carbons (Fsp3) is 0.278. The summed E-state index contributed by atoms with van der Waals surface area (Å²) in [5, 5.41) is 11.1. The van der Waals surface area contributed by atoms with Crippen LogP contribution in [0.1, 0.15) is 27.9 Å². The van der Waals surface area contributed by atoms with Gasteiger partial charge in [-0.1, -0.05) is 17.7 Å². The highest BCUT2D eigenvalue weighted by atomic mass is 32.2. The van der Waals surface area contributed by atoms with Gasteiger partial charge in [-0.3, -0.25) is 19.1 Å². The predicted octanol–water partition coefficient (Wildman–Crippen LogP) is 2.81. The Balaban J connectivity index is 1.76. The highest BCUT2D eigenvalue weighted by Gasteiger charge is 2.29. The first-order valence-electron chi connectivity index (χ1n) is 8.20. The van der Waals surface area contributed by atoms with Crippen molar-refractivity contribution in [2.24, 2.45) is 0 Å². The molecular formula is C18H17NO7S. The molecule has 27 heavy (non-hydrogen) atoms. The quantitative estimate of drug-likeness (QED) is 0.322. The van der Waals surface area contributed by atoms with Crippen LogP contribution in [0, 0.1) is 17.0 Å². The lowest BCUT2D eigenvalue weighted by Crippen LogP contribution is -2.29. The molecule has 0 amide bonds. The standard InChI is InChI=1S/C18H17NO7S/c1-12-2-7-15(8-3-12)27(23,24)25-11-14-6-4-13-5-9-17(19(21)22)16(10-20)18(13)26-14/h2-3,5,7-10,14H,4,6,11H2,1H3. The van der Waals surface area contributed by atoms with Gasteiger partial charge in [-0.2, -0.15) is 8.42 Å². The Labute approximate surface area is 156 Å². The van der Waals surface area contributed by atoms with Crippen molar-refractivity contribution in [2.45, 2.75) is 30.8 Å². The number of nitrogens with zero attached hydrogens (tertiary/aromatic N) is 1. The van der Waals surface area contributed by atoms with E-state index in [4.69, 9.17) is 8.92 Å². The molecule has 0 aliphatic carbocycles. The topological polar surface area (TPSA) is 113 Å². The SMILES string of the molecule is Cc1ccc(S(=O)(=O)OCC2CCc3ccc([N+](=O)[O-])c(C=O)c3O2)cc1. The third kappa shape index (κ3) is 3.99. The molecule has 1 unspecified atom stereocenters. The third-order valence-electron chi connectivity index (χ3n) is 4.31. The maximum Gasteiger partial charge on any atom is 0.297 e. The van der Waals surface area contributed by atoms with Crippen LogP contribution < -0.4 is 4.74 Å². The molecule has 1 aliphatic heterocycles. The van der Waals surface area contributed by atoms with Crippen LogP contribution in [0.2, 0.25) is 0 Å². The molecule has 0 saturated carbocycles. The fourth-order valence-electron chi connectivity index (χ4n) is 2.84. The first-order chi connectivity index (χ1) is 12.8. The van der Waals surface area contributed by atoms with Crippen LogP contribution in [-0.2, 0) is 20.7 Å². The van der Waals surface area contributed by atoms with E-state index in [1.165, 1.54) is 18.2 Å². The van der Waals surface area contributed by atoms with Gasteiger partial charge in [-0.15, -0.1) is 0 Å². The summed E-state index contributed by atoms with van der Waals surface area (Å²) in [6.07, 6.45) is 0.696. The monoisotopic (exact) mass is 391 g/mol. The van der Waals surface area contributed by atoms with Crippen molar-refractivity contribution in [3.05, 3.63) is 63.2 Å². The summed E-state index contributed by atoms with van der Waals surface area (Å²) in [4.78, 5) is 21.8. The van der Waals surface area contributed by atoms with Crippen LogP contribution in [-0.4, -0.2) is 32.3 Å². The lowest BCUT2D eigenvalue weighted by Gasteiger charge is -2.26. The zero-order chi connectivity index (χ0) is 19.6. The summed E-state index contributed by atoms with van der Waals surface area (Å²) < 4.78 is 35.3. The number of carbonyl (C=O) groups excluding carboxylic acids is 1. The van der Waals surface area contributed by atoms with Crippen molar-refractivity contribution in [3.8, 4) is 5.75 Å². The first-order valence-corrected chi connectivity index (χ1v) is 9.61. The van der Waals surface area contributed by atoms with E-state index in [2.05, 4.69) is 0 Å². The summed E-state index contributed by atoms with van der Waals surface area (Å²) >= 11 is 0. The number of nitro benzene ring substituents is 1. The number of hydrogen-bond donors (Lipinski definition) is 0. The van der Waals surface area contributed by atoms with Crippen molar-refractivity contribution in [1.82, 2.24) is 0 Å². The number of hydrogen-bond acceptors (Lipinski definition) is 7. The highest BCUT2D eigenvalue weighted by Crippen LogP contribution is 2.36. The van der Waals surface area contributed by atoms with Gasteiger partial charge in [0.1, 0.15) is 24.0 Å². The van der Waals surface area contributed by atoms with E-state index < -0.39 is 21.1 Å². The molecule has 9 heteroatoms. The molecule has 142 valence electrons. The second kappa shape index (κ2) is 7.45. The minimum Gasteiger partial charge on any atom is -0.487 e. The minimum atomic E-state index is -3.95. The van der Waals surface area contributed by atoms with Gasteiger partial charge in [0.05, 0.1) is 9.82 Å². The van der Waals surface area contributed by atoms with Crippen LogP contribution in [0.15, 0.2) is 41.3 Å². The Morgan fingerprint density at radius 2 is 1.96 bits per heavy atom. The highest BCUT2D eigenvalue weighted by molar-refractivity contribution is 7.86. The molecular weight excluding hydrogens is 374 g/mol. The Bertz CT molecular complexity index is 984. The predicted molar refractivity (Wildman–Crippen MR) is 95.5 cm³/mol. The largest absolute Gasteiger partial charge is 0.487 e. The number of rotatable bonds is 6. The third-order valence-corrected chi connectivity index (χ3v) is 5.60. The molecule has 8 nitrogen and oxygen atoms in total. The van der Waals surface area contributed by atoms with E-state index >= 15 is 0 Å². The fourth-order valence-corrected chi connectivity index (χ4v) is 3.78. The van der Waals surface area contributed by atoms with Gasteiger partial charge in [0.15, 0.2) is 6.29 Å². The molecule has 1 aliphatic rings. The Morgan fingerprint density at radius 3 is 2.59 bits per heavy atom. The lowest BCUT2D eigenvalue weighted by molar-refractivity contribution is -0.385. The van der Waals surface area contributed by atoms with E-state index in [-0.39, 0.29) is 28.5 Å². The molecule has 0 radical (unpaired) electrons. The number of fused-ring (bicyclic) bond motifs is 1. The minimum absolute atomic E-state index is 0.0357. The molecule has 1 atom stereocenters. The van der Waals surface area contributed by atoms with Crippen LogP contribution in [0.25, 0.3) is 0 Å². The number of aryl methyl sites for hydroxylation is 2. The lowest BCUT2D eigenvalue weighted by atomic mass is 9.98. The number of nitro groups is 1. The molecule has 0 spiro atoms. The molecule has 0 bridgehead atoms. The zero-order valence-electron chi connectivity index (χ0n) is 14.5. The average molecular weight is 391 g/mol. The Kier molecular flexibility index (Phi) is 5.24. The van der Waals surface area contributed by atoms with Gasteiger partial charge in [-0.05, 0) is 43.5 Å². The van der Waals surface area contributed by atoms with Crippen molar-refractivity contribution in [3.63, 3.8) is 0 Å². The van der Waals surface area contributed by atoms with Crippen LogP contribution in [0.3, 0.4) is 0 Å². The zero-order valence-corrected chi connectivity index (χ0v) is 15.3. The van der Waals surface area contributed by atoms with Gasteiger partial charge in [0, 0.05) is 6.07 Å². The molecule has 3 rings (SSSR count).